The Morgan fingerprint density at radius 3 is 2.75 bits per heavy atom. The van der Waals surface area contributed by atoms with E-state index in [1.807, 2.05) is 12.1 Å². The lowest BCUT2D eigenvalue weighted by atomic mass is 9.69. The van der Waals surface area contributed by atoms with E-state index in [2.05, 4.69) is 26.1 Å². The van der Waals surface area contributed by atoms with E-state index in [-0.39, 0.29) is 11.3 Å². The fourth-order valence-electron chi connectivity index (χ4n) is 3.31. The summed E-state index contributed by atoms with van der Waals surface area (Å²) in [6.45, 7) is 6.85. The fraction of sp³-hybridized carbons (Fsp3) is 0.706. The Morgan fingerprint density at radius 1 is 1.35 bits per heavy atom. The van der Waals surface area contributed by atoms with Crippen LogP contribution in [0.1, 0.15) is 58.6 Å². The van der Waals surface area contributed by atoms with Crippen molar-refractivity contribution in [2.75, 3.05) is 0 Å². The van der Waals surface area contributed by atoms with Crippen LogP contribution in [0.25, 0.3) is 0 Å². The highest BCUT2D eigenvalue weighted by Crippen LogP contribution is 2.37. The third-order valence-electron chi connectivity index (χ3n) is 4.40. The largest absolute Gasteiger partial charge is 0.469 e. The molecule has 0 aliphatic heterocycles. The van der Waals surface area contributed by atoms with E-state index in [1.165, 1.54) is 19.3 Å². The Hall–Kier alpha value is -1.25. The van der Waals surface area contributed by atoms with Gasteiger partial charge in [0.05, 0.1) is 6.26 Å². The number of nitrogens with one attached hydrogen (secondary N) is 1. The maximum atomic E-state index is 12.1. The molecule has 1 aliphatic rings. The van der Waals surface area contributed by atoms with Crippen LogP contribution in [0.2, 0.25) is 0 Å². The van der Waals surface area contributed by atoms with Crippen LogP contribution < -0.4 is 5.32 Å². The zero-order chi connectivity index (χ0) is 14.6. The van der Waals surface area contributed by atoms with E-state index in [4.69, 9.17) is 4.42 Å². The standard InChI is InChI=1S/C17H27NO2/c1-17(2,3)14-8-4-5-9-15(14)18-16(19)11-10-13-7-6-12-20-13/h6-7,12,14-15H,4-5,8-11H2,1-3H3,(H,18,19)/t14-,15-/m0/s1. The molecule has 1 aromatic rings. The van der Waals surface area contributed by atoms with Crippen LogP contribution >= 0.6 is 0 Å². The highest BCUT2D eigenvalue weighted by Gasteiger charge is 2.34. The predicted molar refractivity (Wildman–Crippen MR) is 80.4 cm³/mol. The van der Waals surface area contributed by atoms with Crippen LogP contribution in [0, 0.1) is 11.3 Å². The maximum absolute atomic E-state index is 12.1. The van der Waals surface area contributed by atoms with E-state index in [0.29, 0.717) is 24.8 Å². The molecular weight excluding hydrogens is 250 g/mol. The zero-order valence-corrected chi connectivity index (χ0v) is 12.9. The summed E-state index contributed by atoms with van der Waals surface area (Å²) in [4.78, 5) is 12.1. The van der Waals surface area contributed by atoms with Crippen molar-refractivity contribution >= 4 is 5.91 Å². The normalized spacial score (nSPS) is 23.6. The first-order valence-corrected chi connectivity index (χ1v) is 7.78. The second-order valence-corrected chi connectivity index (χ2v) is 7.01. The lowest BCUT2D eigenvalue weighted by molar-refractivity contribution is -0.122. The summed E-state index contributed by atoms with van der Waals surface area (Å²) < 4.78 is 5.27. The lowest BCUT2D eigenvalue weighted by Crippen LogP contribution is -2.46. The Morgan fingerprint density at radius 2 is 2.10 bits per heavy atom. The van der Waals surface area contributed by atoms with Gasteiger partial charge in [0, 0.05) is 18.9 Å². The van der Waals surface area contributed by atoms with Crippen LogP contribution in [0.4, 0.5) is 0 Å². The van der Waals surface area contributed by atoms with Crippen LogP contribution in [-0.4, -0.2) is 11.9 Å². The number of carbonyl (C=O) groups is 1. The minimum absolute atomic E-state index is 0.155. The molecule has 1 heterocycles. The maximum Gasteiger partial charge on any atom is 0.220 e. The molecular formula is C17H27NO2. The summed E-state index contributed by atoms with van der Waals surface area (Å²) in [6.07, 6.45) is 7.73. The molecule has 2 atom stereocenters. The van der Waals surface area contributed by atoms with E-state index in [1.54, 1.807) is 6.26 Å². The van der Waals surface area contributed by atoms with Crippen molar-refractivity contribution in [3.05, 3.63) is 24.2 Å². The Kier molecular flexibility index (Phi) is 4.90. The van der Waals surface area contributed by atoms with E-state index in [0.717, 1.165) is 12.2 Å². The molecule has 0 unspecified atom stereocenters. The third-order valence-corrected chi connectivity index (χ3v) is 4.40. The van der Waals surface area contributed by atoms with Gasteiger partial charge in [-0.15, -0.1) is 0 Å². The molecule has 1 N–H and O–H groups in total. The van der Waals surface area contributed by atoms with Gasteiger partial charge in [-0.05, 0) is 36.3 Å². The number of rotatable bonds is 4. The van der Waals surface area contributed by atoms with E-state index < -0.39 is 0 Å². The van der Waals surface area contributed by atoms with Crippen molar-refractivity contribution < 1.29 is 9.21 Å². The van der Waals surface area contributed by atoms with Crippen LogP contribution in [0.15, 0.2) is 22.8 Å². The monoisotopic (exact) mass is 277 g/mol. The summed E-state index contributed by atoms with van der Waals surface area (Å²) in [5, 5.41) is 3.26. The highest BCUT2D eigenvalue weighted by atomic mass is 16.3. The highest BCUT2D eigenvalue weighted by molar-refractivity contribution is 5.76. The smallest absolute Gasteiger partial charge is 0.220 e. The van der Waals surface area contributed by atoms with E-state index in [9.17, 15) is 4.79 Å². The molecule has 1 saturated carbocycles. The van der Waals surface area contributed by atoms with Crippen LogP contribution in [-0.2, 0) is 11.2 Å². The second kappa shape index (κ2) is 6.47. The van der Waals surface area contributed by atoms with Gasteiger partial charge in [0.1, 0.15) is 5.76 Å². The minimum Gasteiger partial charge on any atom is -0.469 e. The van der Waals surface area contributed by atoms with Gasteiger partial charge < -0.3 is 9.73 Å². The molecule has 1 amide bonds. The number of carbonyl (C=O) groups excluding carboxylic acids is 1. The summed E-state index contributed by atoms with van der Waals surface area (Å²) in [5.74, 6) is 1.63. The Balaban J connectivity index is 1.85. The summed E-state index contributed by atoms with van der Waals surface area (Å²) in [6, 6.07) is 4.13. The zero-order valence-electron chi connectivity index (χ0n) is 12.9. The average molecular weight is 277 g/mol. The molecule has 1 aliphatic carbocycles. The predicted octanol–water partition coefficient (Wildman–Crippen LogP) is 3.93. The molecule has 0 aromatic carbocycles. The van der Waals surface area contributed by atoms with Crippen molar-refractivity contribution in [3.63, 3.8) is 0 Å². The number of hydrogen-bond acceptors (Lipinski definition) is 2. The Bertz CT molecular complexity index is 417. The molecule has 112 valence electrons. The fourth-order valence-corrected chi connectivity index (χ4v) is 3.31. The van der Waals surface area contributed by atoms with Crippen LogP contribution in [0.3, 0.4) is 0 Å². The molecule has 0 bridgehead atoms. The van der Waals surface area contributed by atoms with Gasteiger partial charge in [-0.1, -0.05) is 33.6 Å². The van der Waals surface area contributed by atoms with Crippen molar-refractivity contribution in [1.82, 2.24) is 5.32 Å². The Labute approximate surface area is 122 Å². The second-order valence-electron chi connectivity index (χ2n) is 7.01. The first-order valence-electron chi connectivity index (χ1n) is 7.78. The lowest BCUT2D eigenvalue weighted by Gasteiger charge is -2.40. The van der Waals surface area contributed by atoms with Crippen molar-refractivity contribution in [1.29, 1.82) is 0 Å². The number of aryl methyl sites for hydroxylation is 1. The van der Waals surface area contributed by atoms with Gasteiger partial charge in [0.15, 0.2) is 0 Å². The minimum atomic E-state index is 0.155. The number of hydrogen-bond donors (Lipinski definition) is 1. The SMILES string of the molecule is CC(C)(C)[C@H]1CCCC[C@@H]1NC(=O)CCc1ccco1. The molecule has 0 spiro atoms. The molecule has 3 nitrogen and oxygen atoms in total. The third kappa shape index (κ3) is 4.12. The van der Waals surface area contributed by atoms with Gasteiger partial charge in [-0.3, -0.25) is 4.79 Å². The number of amides is 1. The summed E-state index contributed by atoms with van der Waals surface area (Å²) in [5.41, 5.74) is 0.263. The first kappa shape index (κ1) is 15.1. The summed E-state index contributed by atoms with van der Waals surface area (Å²) in [7, 11) is 0. The van der Waals surface area contributed by atoms with Gasteiger partial charge in [0.2, 0.25) is 5.91 Å². The van der Waals surface area contributed by atoms with Gasteiger partial charge in [0.25, 0.3) is 0 Å². The quantitative estimate of drug-likeness (QED) is 0.906. The molecule has 2 rings (SSSR count). The molecule has 1 fully saturated rings. The first-order chi connectivity index (χ1) is 9.47. The van der Waals surface area contributed by atoms with Crippen molar-refractivity contribution in [2.24, 2.45) is 11.3 Å². The topological polar surface area (TPSA) is 42.2 Å². The molecule has 3 heteroatoms. The van der Waals surface area contributed by atoms with Gasteiger partial charge in [-0.2, -0.15) is 0 Å². The number of furan rings is 1. The molecule has 1 aromatic heterocycles. The van der Waals surface area contributed by atoms with E-state index >= 15 is 0 Å². The molecule has 0 radical (unpaired) electrons. The van der Waals surface area contributed by atoms with Crippen LogP contribution in [0.5, 0.6) is 0 Å². The molecule has 20 heavy (non-hydrogen) atoms. The average Bonchev–Trinajstić information content (AvgIpc) is 2.89. The molecule has 0 saturated heterocycles. The van der Waals surface area contributed by atoms with Gasteiger partial charge in [-0.25, -0.2) is 0 Å². The van der Waals surface area contributed by atoms with Gasteiger partial charge >= 0.3 is 0 Å². The van der Waals surface area contributed by atoms with Crippen molar-refractivity contribution in [2.45, 2.75) is 65.3 Å². The van der Waals surface area contributed by atoms with Crippen molar-refractivity contribution in [3.8, 4) is 0 Å². The summed E-state index contributed by atoms with van der Waals surface area (Å²) >= 11 is 0.